The Balaban J connectivity index is 1.74. The highest BCUT2D eigenvalue weighted by Gasteiger charge is 2.47. The van der Waals surface area contributed by atoms with E-state index in [-0.39, 0.29) is 17.1 Å². The van der Waals surface area contributed by atoms with E-state index in [4.69, 9.17) is 13.6 Å². The van der Waals surface area contributed by atoms with Gasteiger partial charge in [0.1, 0.15) is 22.9 Å². The lowest BCUT2D eigenvalue weighted by atomic mass is 9.64. The van der Waals surface area contributed by atoms with Crippen molar-refractivity contribution in [3.05, 3.63) is 52.0 Å². The van der Waals surface area contributed by atoms with E-state index in [0.717, 1.165) is 24.8 Å². The van der Waals surface area contributed by atoms with Gasteiger partial charge in [-0.2, -0.15) is 0 Å². The maximum atomic E-state index is 12.7. The Hall–Kier alpha value is -2.23. The molecule has 0 radical (unpaired) electrons. The third-order valence-electron chi connectivity index (χ3n) is 5.68. The first-order valence-electron chi connectivity index (χ1n) is 9.04. The summed E-state index contributed by atoms with van der Waals surface area (Å²) in [7, 11) is 0. The van der Waals surface area contributed by atoms with Crippen LogP contribution in [-0.4, -0.2) is 5.60 Å². The first kappa shape index (κ1) is 16.2. The largest absolute Gasteiger partial charge is 0.487 e. The second kappa shape index (κ2) is 5.94. The Morgan fingerprint density at radius 1 is 1.28 bits per heavy atom. The molecule has 3 atom stereocenters. The van der Waals surface area contributed by atoms with Crippen LogP contribution in [0.1, 0.15) is 63.0 Å². The van der Waals surface area contributed by atoms with Crippen LogP contribution in [0.5, 0.6) is 5.75 Å². The fourth-order valence-electron chi connectivity index (χ4n) is 4.41. The van der Waals surface area contributed by atoms with Gasteiger partial charge >= 0.3 is 5.63 Å². The molecule has 1 fully saturated rings. The molecule has 2 bridgehead atoms. The topological polar surface area (TPSA) is 52.6 Å². The summed E-state index contributed by atoms with van der Waals surface area (Å²) < 4.78 is 17.1. The standard InChI is InChI=1S/C21H24O4/c1-13(2)16-8-9-21(3)12-17(16)19-18(25-21)11-15(24-20(19)22)7-6-14-5-4-10-23-14/h4-7,10-11,13,16-17H,8-9,12H2,1-3H3/b7-6+/t16-,17+,21+/m1/s1. The average Bonchev–Trinajstić information content (AvgIpc) is 3.05. The molecule has 0 amide bonds. The predicted molar refractivity (Wildman–Crippen MR) is 96.6 cm³/mol. The molecule has 4 nitrogen and oxygen atoms in total. The Labute approximate surface area is 147 Å². The number of hydrogen-bond donors (Lipinski definition) is 0. The van der Waals surface area contributed by atoms with Crippen molar-refractivity contribution in [1.82, 2.24) is 0 Å². The van der Waals surface area contributed by atoms with Gasteiger partial charge in [-0.25, -0.2) is 4.79 Å². The summed E-state index contributed by atoms with van der Waals surface area (Å²) in [4.78, 5) is 12.7. The van der Waals surface area contributed by atoms with E-state index in [1.165, 1.54) is 0 Å². The van der Waals surface area contributed by atoms with Crippen LogP contribution in [0, 0.1) is 11.8 Å². The smallest absolute Gasteiger partial charge is 0.343 e. The van der Waals surface area contributed by atoms with Crippen molar-refractivity contribution in [3.8, 4) is 5.75 Å². The van der Waals surface area contributed by atoms with Crippen LogP contribution in [0.15, 0.2) is 38.1 Å². The van der Waals surface area contributed by atoms with Crippen LogP contribution in [0.25, 0.3) is 12.2 Å². The quantitative estimate of drug-likeness (QED) is 0.780. The van der Waals surface area contributed by atoms with E-state index in [2.05, 4.69) is 20.8 Å². The van der Waals surface area contributed by atoms with Gasteiger partial charge in [0.2, 0.25) is 0 Å². The number of fused-ring (bicyclic) bond motifs is 4. The fraction of sp³-hybridized carbons (Fsp3) is 0.476. The van der Waals surface area contributed by atoms with Gasteiger partial charge in [0.05, 0.1) is 11.8 Å². The molecular weight excluding hydrogens is 316 g/mol. The molecule has 1 aliphatic carbocycles. The lowest BCUT2D eigenvalue weighted by Crippen LogP contribution is -2.46. The Kier molecular flexibility index (Phi) is 3.86. The van der Waals surface area contributed by atoms with Crippen LogP contribution in [0.4, 0.5) is 0 Å². The fourth-order valence-corrected chi connectivity index (χ4v) is 4.41. The number of ether oxygens (including phenoxy) is 1. The van der Waals surface area contributed by atoms with Gasteiger partial charge < -0.3 is 13.6 Å². The molecule has 25 heavy (non-hydrogen) atoms. The van der Waals surface area contributed by atoms with E-state index in [1.54, 1.807) is 18.4 Å². The minimum Gasteiger partial charge on any atom is -0.487 e. The van der Waals surface area contributed by atoms with E-state index < -0.39 is 0 Å². The van der Waals surface area contributed by atoms with Crippen LogP contribution in [-0.2, 0) is 0 Å². The van der Waals surface area contributed by atoms with Gasteiger partial charge in [-0.05, 0) is 62.3 Å². The third kappa shape index (κ3) is 2.94. The summed E-state index contributed by atoms with van der Waals surface area (Å²) >= 11 is 0. The van der Waals surface area contributed by atoms with Crippen LogP contribution >= 0.6 is 0 Å². The van der Waals surface area contributed by atoms with Crippen molar-refractivity contribution in [2.24, 2.45) is 11.8 Å². The Bertz CT molecular complexity index is 843. The molecule has 3 heterocycles. The molecule has 0 unspecified atom stereocenters. The van der Waals surface area contributed by atoms with Crippen molar-refractivity contribution >= 4 is 12.2 Å². The van der Waals surface area contributed by atoms with Gasteiger partial charge in [-0.1, -0.05) is 13.8 Å². The van der Waals surface area contributed by atoms with Gasteiger partial charge in [-0.15, -0.1) is 0 Å². The summed E-state index contributed by atoms with van der Waals surface area (Å²) in [6.45, 7) is 6.64. The summed E-state index contributed by atoms with van der Waals surface area (Å²) in [6.07, 6.45) is 8.17. The Morgan fingerprint density at radius 2 is 2.08 bits per heavy atom. The normalized spacial score (nSPS) is 28.2. The van der Waals surface area contributed by atoms with Crippen molar-refractivity contribution in [3.63, 3.8) is 0 Å². The van der Waals surface area contributed by atoms with Gasteiger partial charge in [-0.3, -0.25) is 0 Å². The lowest BCUT2D eigenvalue weighted by molar-refractivity contribution is -0.00977. The summed E-state index contributed by atoms with van der Waals surface area (Å²) in [5.74, 6) is 3.16. The highest BCUT2D eigenvalue weighted by molar-refractivity contribution is 5.65. The van der Waals surface area contributed by atoms with E-state index in [1.807, 2.05) is 18.2 Å². The summed E-state index contributed by atoms with van der Waals surface area (Å²) in [5.41, 5.74) is 0.279. The zero-order chi connectivity index (χ0) is 17.6. The summed E-state index contributed by atoms with van der Waals surface area (Å²) in [6, 6.07) is 5.52. The maximum Gasteiger partial charge on any atom is 0.343 e. The third-order valence-corrected chi connectivity index (χ3v) is 5.68. The second-order valence-corrected chi connectivity index (χ2v) is 7.87. The lowest BCUT2D eigenvalue weighted by Gasteiger charge is -2.48. The van der Waals surface area contributed by atoms with Gasteiger partial charge in [0, 0.05) is 12.0 Å². The first-order valence-corrected chi connectivity index (χ1v) is 9.04. The molecule has 132 valence electrons. The van der Waals surface area contributed by atoms with Gasteiger partial charge in [0.15, 0.2) is 0 Å². The highest BCUT2D eigenvalue weighted by atomic mass is 16.5. The Morgan fingerprint density at radius 3 is 2.80 bits per heavy atom. The van der Waals surface area contributed by atoms with Crippen LogP contribution < -0.4 is 10.4 Å². The van der Waals surface area contributed by atoms with E-state index in [0.29, 0.717) is 29.1 Å². The van der Waals surface area contributed by atoms with E-state index in [9.17, 15) is 4.79 Å². The molecule has 4 rings (SSSR count). The zero-order valence-electron chi connectivity index (χ0n) is 15.0. The van der Waals surface area contributed by atoms with Crippen LogP contribution in [0.3, 0.4) is 0 Å². The molecule has 1 saturated carbocycles. The molecule has 2 aliphatic rings. The van der Waals surface area contributed by atoms with Crippen molar-refractivity contribution in [1.29, 1.82) is 0 Å². The predicted octanol–water partition coefficient (Wildman–Crippen LogP) is 5.09. The molecular formula is C21H24O4. The van der Waals surface area contributed by atoms with Gasteiger partial charge in [0.25, 0.3) is 0 Å². The minimum atomic E-state index is -0.267. The molecule has 2 aromatic rings. The molecule has 0 saturated heterocycles. The number of hydrogen-bond acceptors (Lipinski definition) is 4. The second-order valence-electron chi connectivity index (χ2n) is 7.87. The van der Waals surface area contributed by atoms with Crippen molar-refractivity contribution in [2.75, 3.05) is 0 Å². The summed E-state index contributed by atoms with van der Waals surface area (Å²) in [5, 5.41) is 0. The SMILES string of the molecule is CC(C)[C@H]1CC[C@@]2(C)C[C@@H]1c1c(cc(/C=C/c3ccco3)oc1=O)O2. The maximum absolute atomic E-state index is 12.7. The monoisotopic (exact) mass is 340 g/mol. The van der Waals surface area contributed by atoms with Crippen LogP contribution in [0.2, 0.25) is 0 Å². The number of rotatable bonds is 3. The molecule has 0 N–H and O–H groups in total. The van der Waals surface area contributed by atoms with E-state index >= 15 is 0 Å². The molecule has 2 aromatic heterocycles. The first-order chi connectivity index (χ1) is 12.0. The van der Waals surface area contributed by atoms with Crippen molar-refractivity contribution in [2.45, 2.75) is 51.6 Å². The molecule has 0 aromatic carbocycles. The molecule has 0 spiro atoms. The molecule has 4 heteroatoms. The van der Waals surface area contributed by atoms with Crippen molar-refractivity contribution < 1.29 is 13.6 Å². The number of furan rings is 1. The zero-order valence-corrected chi connectivity index (χ0v) is 15.0. The highest BCUT2D eigenvalue weighted by Crippen LogP contribution is 2.52. The molecule has 1 aliphatic heterocycles. The average molecular weight is 340 g/mol. The minimum absolute atomic E-state index is 0.182.